The summed E-state index contributed by atoms with van der Waals surface area (Å²) >= 11 is 0. The first-order valence-electron chi connectivity index (χ1n) is 8.79. The third-order valence-corrected chi connectivity index (χ3v) is 4.38. The lowest BCUT2D eigenvalue weighted by Gasteiger charge is -2.14. The highest BCUT2D eigenvalue weighted by molar-refractivity contribution is 5.48. The molecule has 0 aliphatic heterocycles. The lowest BCUT2D eigenvalue weighted by atomic mass is 10.0. The number of nitrogens with zero attached hydrogens (tertiary/aromatic N) is 1. The maximum atomic E-state index is 12.4. The molecule has 0 amide bonds. The van der Waals surface area contributed by atoms with Crippen LogP contribution in [0.1, 0.15) is 29.3 Å². The maximum absolute atomic E-state index is 12.4. The predicted octanol–water partition coefficient (Wildman–Crippen LogP) is 3.40. The van der Waals surface area contributed by atoms with Crippen LogP contribution in [0, 0.1) is 0 Å². The van der Waals surface area contributed by atoms with Gasteiger partial charge in [-0.25, -0.2) is 4.79 Å². The van der Waals surface area contributed by atoms with Crippen molar-refractivity contribution in [3.8, 4) is 0 Å². The van der Waals surface area contributed by atoms with E-state index in [4.69, 9.17) is 0 Å². The second-order valence-corrected chi connectivity index (χ2v) is 6.12. The van der Waals surface area contributed by atoms with Crippen LogP contribution in [0.5, 0.6) is 0 Å². The summed E-state index contributed by atoms with van der Waals surface area (Å²) in [6, 6.07) is 19.8. The molecule has 0 saturated carbocycles. The Morgan fingerprint density at radius 3 is 2.27 bits per heavy atom. The molecule has 0 atom stereocenters. The molecular weight excluding hydrogens is 324 g/mol. The van der Waals surface area contributed by atoms with Gasteiger partial charge in [0.25, 0.3) is 5.56 Å². The minimum Gasteiger partial charge on any atom is -0.293 e. The molecule has 0 aliphatic carbocycles. The highest BCUT2D eigenvalue weighted by Crippen LogP contribution is 2.12. The van der Waals surface area contributed by atoms with Crippen molar-refractivity contribution in [1.82, 2.24) is 9.55 Å². The maximum Gasteiger partial charge on any atom is 0.328 e. The molecule has 0 spiro atoms. The number of hydrogen-bond donors (Lipinski definition) is 1. The van der Waals surface area contributed by atoms with Crippen molar-refractivity contribution in [2.45, 2.75) is 26.3 Å². The van der Waals surface area contributed by atoms with E-state index in [0.717, 1.165) is 16.8 Å². The molecule has 3 aromatic rings. The largest absolute Gasteiger partial charge is 0.328 e. The van der Waals surface area contributed by atoms with Crippen LogP contribution >= 0.6 is 0 Å². The summed E-state index contributed by atoms with van der Waals surface area (Å²) in [6.07, 6.45) is 5.07. The van der Waals surface area contributed by atoms with Crippen LogP contribution in [0.2, 0.25) is 0 Å². The molecule has 2 aromatic carbocycles. The fraction of sp³-hybridized carbons (Fsp3) is 0.182. The van der Waals surface area contributed by atoms with E-state index in [1.807, 2.05) is 79.7 Å². The van der Waals surface area contributed by atoms with Gasteiger partial charge in [0.05, 0.1) is 0 Å². The summed E-state index contributed by atoms with van der Waals surface area (Å²) in [5, 5.41) is 0. The molecule has 26 heavy (non-hydrogen) atoms. The Balaban J connectivity index is 1.99. The standard InChI is InChI=1S/C22H22N2O2/c1-2-19-20(16-18-12-7-4-8-13-18)24(22(26)23-21(19)25)15-9-14-17-10-5-3-6-11-17/h3-14H,2,15-16H2,1H3,(H,23,25,26)/b14-9+. The number of aromatic nitrogens is 2. The van der Waals surface area contributed by atoms with Gasteiger partial charge >= 0.3 is 5.69 Å². The van der Waals surface area contributed by atoms with Gasteiger partial charge in [0, 0.05) is 24.2 Å². The van der Waals surface area contributed by atoms with E-state index in [1.165, 1.54) is 0 Å². The molecule has 4 heteroatoms. The van der Waals surface area contributed by atoms with Gasteiger partial charge in [0.2, 0.25) is 0 Å². The molecule has 0 aliphatic rings. The molecule has 1 heterocycles. The third kappa shape index (κ3) is 4.09. The molecule has 0 unspecified atom stereocenters. The Hall–Kier alpha value is -3.14. The van der Waals surface area contributed by atoms with E-state index in [1.54, 1.807) is 4.57 Å². The number of hydrogen-bond acceptors (Lipinski definition) is 2. The lowest BCUT2D eigenvalue weighted by Crippen LogP contribution is -2.35. The van der Waals surface area contributed by atoms with E-state index in [0.29, 0.717) is 24.9 Å². The second-order valence-electron chi connectivity index (χ2n) is 6.12. The van der Waals surface area contributed by atoms with Gasteiger partial charge in [-0.15, -0.1) is 0 Å². The second kappa shape index (κ2) is 8.30. The number of H-pyrrole nitrogens is 1. The van der Waals surface area contributed by atoms with Crippen molar-refractivity contribution in [1.29, 1.82) is 0 Å². The number of benzene rings is 2. The zero-order valence-corrected chi connectivity index (χ0v) is 14.8. The summed E-state index contributed by atoms with van der Waals surface area (Å²) in [4.78, 5) is 27.1. The van der Waals surface area contributed by atoms with Crippen LogP contribution in [-0.2, 0) is 19.4 Å². The van der Waals surface area contributed by atoms with E-state index in [-0.39, 0.29) is 11.2 Å². The van der Waals surface area contributed by atoms with Crippen LogP contribution in [0.4, 0.5) is 0 Å². The van der Waals surface area contributed by atoms with E-state index in [9.17, 15) is 9.59 Å². The van der Waals surface area contributed by atoms with E-state index >= 15 is 0 Å². The van der Waals surface area contributed by atoms with Gasteiger partial charge in [-0.3, -0.25) is 14.3 Å². The quantitative estimate of drug-likeness (QED) is 0.744. The fourth-order valence-corrected chi connectivity index (χ4v) is 3.06. The summed E-state index contributed by atoms with van der Waals surface area (Å²) in [6.45, 7) is 2.35. The topological polar surface area (TPSA) is 54.9 Å². The Bertz CT molecular complexity index is 1000. The average Bonchev–Trinajstić information content (AvgIpc) is 2.66. The molecule has 1 N–H and O–H groups in total. The smallest absolute Gasteiger partial charge is 0.293 e. The minimum absolute atomic E-state index is 0.285. The number of allylic oxidation sites excluding steroid dienone is 1. The van der Waals surface area contributed by atoms with Crippen LogP contribution in [-0.4, -0.2) is 9.55 Å². The Morgan fingerprint density at radius 2 is 1.62 bits per heavy atom. The lowest BCUT2D eigenvalue weighted by molar-refractivity contribution is 0.677. The fourth-order valence-electron chi connectivity index (χ4n) is 3.06. The first kappa shape index (κ1) is 17.7. The van der Waals surface area contributed by atoms with Gasteiger partial charge in [0.15, 0.2) is 0 Å². The molecule has 4 nitrogen and oxygen atoms in total. The third-order valence-electron chi connectivity index (χ3n) is 4.38. The molecule has 0 fully saturated rings. The summed E-state index contributed by atoms with van der Waals surface area (Å²) in [7, 11) is 0. The van der Waals surface area contributed by atoms with Crippen molar-refractivity contribution in [3.05, 3.63) is 110 Å². The van der Waals surface area contributed by atoms with Gasteiger partial charge < -0.3 is 0 Å². The monoisotopic (exact) mass is 346 g/mol. The van der Waals surface area contributed by atoms with Crippen molar-refractivity contribution in [3.63, 3.8) is 0 Å². The van der Waals surface area contributed by atoms with Gasteiger partial charge in [-0.05, 0) is 17.5 Å². The predicted molar refractivity (Wildman–Crippen MR) is 105 cm³/mol. The molecule has 3 rings (SSSR count). The van der Waals surface area contributed by atoms with Crippen LogP contribution < -0.4 is 11.2 Å². The average molecular weight is 346 g/mol. The summed E-state index contributed by atoms with van der Waals surface area (Å²) < 4.78 is 1.66. The van der Waals surface area contributed by atoms with E-state index < -0.39 is 0 Å². The minimum atomic E-state index is -0.365. The molecular formula is C22H22N2O2. The highest BCUT2D eigenvalue weighted by atomic mass is 16.2. The zero-order chi connectivity index (χ0) is 18.4. The van der Waals surface area contributed by atoms with Crippen molar-refractivity contribution in [2.24, 2.45) is 0 Å². The van der Waals surface area contributed by atoms with Gasteiger partial charge in [0.1, 0.15) is 0 Å². The van der Waals surface area contributed by atoms with E-state index in [2.05, 4.69) is 4.98 Å². The van der Waals surface area contributed by atoms with Crippen molar-refractivity contribution >= 4 is 6.08 Å². The highest BCUT2D eigenvalue weighted by Gasteiger charge is 2.13. The summed E-state index contributed by atoms with van der Waals surface area (Å²) in [5.41, 5.74) is 2.95. The number of rotatable bonds is 6. The SMILES string of the molecule is CCc1c(Cc2ccccc2)n(C/C=C/c2ccccc2)c(=O)[nH]c1=O. The normalized spacial score (nSPS) is 11.1. The Labute approximate surface area is 152 Å². The molecule has 0 bridgehead atoms. The van der Waals surface area contributed by atoms with Crippen molar-refractivity contribution in [2.75, 3.05) is 0 Å². The molecule has 1 aromatic heterocycles. The zero-order valence-electron chi connectivity index (χ0n) is 14.8. The van der Waals surface area contributed by atoms with Gasteiger partial charge in [-0.2, -0.15) is 0 Å². The number of nitrogens with one attached hydrogen (secondary N) is 1. The van der Waals surface area contributed by atoms with Crippen molar-refractivity contribution < 1.29 is 0 Å². The van der Waals surface area contributed by atoms with Crippen LogP contribution in [0.15, 0.2) is 76.3 Å². The van der Waals surface area contributed by atoms with Crippen LogP contribution in [0.25, 0.3) is 6.08 Å². The Kier molecular flexibility index (Phi) is 5.64. The first-order chi connectivity index (χ1) is 12.7. The first-order valence-corrected chi connectivity index (χ1v) is 8.79. The number of aromatic amines is 1. The molecule has 0 radical (unpaired) electrons. The Morgan fingerprint density at radius 1 is 0.962 bits per heavy atom. The van der Waals surface area contributed by atoms with Crippen LogP contribution in [0.3, 0.4) is 0 Å². The summed E-state index contributed by atoms with van der Waals surface area (Å²) in [5.74, 6) is 0. The van der Waals surface area contributed by atoms with Gasteiger partial charge in [-0.1, -0.05) is 79.7 Å². The molecule has 132 valence electrons. The molecule has 0 saturated heterocycles.